The summed E-state index contributed by atoms with van der Waals surface area (Å²) in [6.45, 7) is 4.16. The van der Waals surface area contributed by atoms with Gasteiger partial charge >= 0.3 is 0 Å². The number of nitrogens with one attached hydrogen (secondary N) is 1. The van der Waals surface area contributed by atoms with E-state index in [2.05, 4.69) is 25.7 Å². The molecular weight excluding hydrogens is 254 g/mol. The third kappa shape index (κ3) is 2.98. The van der Waals surface area contributed by atoms with Crippen LogP contribution in [0.4, 0.5) is 5.13 Å². The van der Waals surface area contributed by atoms with E-state index in [1.54, 1.807) is 12.1 Å². The van der Waals surface area contributed by atoms with Crippen molar-refractivity contribution in [1.82, 2.24) is 20.4 Å². The Morgan fingerprint density at radius 2 is 2.17 bits per heavy atom. The summed E-state index contributed by atoms with van der Waals surface area (Å²) in [7, 11) is 0. The molecule has 8 heteroatoms. The highest BCUT2D eigenvalue weighted by atomic mass is 32.1. The molecule has 0 atom stereocenters. The van der Waals surface area contributed by atoms with E-state index in [9.17, 15) is 4.79 Å². The van der Waals surface area contributed by atoms with Crippen LogP contribution in [0.15, 0.2) is 12.1 Å². The molecule has 0 aromatic carbocycles. The van der Waals surface area contributed by atoms with Crippen molar-refractivity contribution in [2.45, 2.75) is 13.8 Å². The Kier molecular flexibility index (Phi) is 3.78. The van der Waals surface area contributed by atoms with Crippen LogP contribution < -0.4 is 10.1 Å². The molecule has 0 unspecified atom stereocenters. The number of carbonyl (C=O) groups excluding carboxylic acids is 1. The molecule has 2 rings (SSSR count). The lowest BCUT2D eigenvalue weighted by Gasteiger charge is -2.02. The van der Waals surface area contributed by atoms with Crippen LogP contribution in [0.3, 0.4) is 0 Å². The van der Waals surface area contributed by atoms with Gasteiger partial charge in [-0.1, -0.05) is 11.3 Å². The first-order valence-corrected chi connectivity index (χ1v) is 6.08. The number of ether oxygens (including phenoxy) is 1. The summed E-state index contributed by atoms with van der Waals surface area (Å²) in [6.07, 6.45) is 0. The summed E-state index contributed by atoms with van der Waals surface area (Å²) < 4.78 is 5.14. The van der Waals surface area contributed by atoms with E-state index in [0.717, 1.165) is 5.01 Å². The number of aryl methyl sites for hydroxylation is 1. The topological polar surface area (TPSA) is 89.9 Å². The second-order valence-electron chi connectivity index (χ2n) is 3.27. The Bertz CT molecular complexity index is 539. The molecule has 0 fully saturated rings. The van der Waals surface area contributed by atoms with Crippen molar-refractivity contribution in [2.75, 3.05) is 11.9 Å². The highest BCUT2D eigenvalue weighted by Crippen LogP contribution is 2.14. The third-order valence-corrected chi connectivity index (χ3v) is 2.67. The molecule has 1 amide bonds. The van der Waals surface area contributed by atoms with E-state index in [0.29, 0.717) is 17.6 Å². The molecule has 1 N–H and O–H groups in total. The number of aromatic nitrogens is 4. The minimum absolute atomic E-state index is 0.200. The smallest absolute Gasteiger partial charge is 0.278 e. The normalized spacial score (nSPS) is 10.1. The molecule has 0 aliphatic heterocycles. The standard InChI is InChI=1S/C10H11N5O2S/c1-3-17-8-5-4-7(13-14-8)9(16)11-10-15-12-6(2)18-10/h4-5H,3H2,1-2H3,(H,11,15,16). The first-order valence-electron chi connectivity index (χ1n) is 5.27. The Balaban J connectivity index is 2.04. The molecule has 2 aromatic heterocycles. The molecule has 18 heavy (non-hydrogen) atoms. The maximum Gasteiger partial charge on any atom is 0.278 e. The predicted molar refractivity (Wildman–Crippen MR) is 65.8 cm³/mol. The van der Waals surface area contributed by atoms with Crippen molar-refractivity contribution in [1.29, 1.82) is 0 Å². The van der Waals surface area contributed by atoms with Crippen LogP contribution in [0.2, 0.25) is 0 Å². The van der Waals surface area contributed by atoms with Crippen molar-refractivity contribution in [3.63, 3.8) is 0 Å². The van der Waals surface area contributed by atoms with Gasteiger partial charge in [0.25, 0.3) is 5.91 Å². The van der Waals surface area contributed by atoms with Gasteiger partial charge in [0.1, 0.15) is 5.01 Å². The van der Waals surface area contributed by atoms with Gasteiger partial charge in [0.2, 0.25) is 11.0 Å². The number of rotatable bonds is 4. The summed E-state index contributed by atoms with van der Waals surface area (Å²) in [6, 6.07) is 3.14. The lowest BCUT2D eigenvalue weighted by atomic mass is 10.4. The van der Waals surface area contributed by atoms with Crippen molar-refractivity contribution >= 4 is 22.4 Å². The average Bonchev–Trinajstić information content (AvgIpc) is 2.76. The van der Waals surface area contributed by atoms with Gasteiger partial charge in [0, 0.05) is 6.07 Å². The summed E-state index contributed by atoms with van der Waals surface area (Å²) in [5, 5.41) is 18.9. The number of carbonyl (C=O) groups is 1. The monoisotopic (exact) mass is 265 g/mol. The maximum atomic E-state index is 11.8. The average molecular weight is 265 g/mol. The largest absolute Gasteiger partial charge is 0.477 e. The fourth-order valence-electron chi connectivity index (χ4n) is 1.17. The number of hydrogen-bond donors (Lipinski definition) is 1. The van der Waals surface area contributed by atoms with Gasteiger partial charge in [0.05, 0.1) is 6.61 Å². The second kappa shape index (κ2) is 5.50. The molecule has 2 aromatic rings. The SMILES string of the molecule is CCOc1ccc(C(=O)Nc2nnc(C)s2)nn1. The summed E-state index contributed by atoms with van der Waals surface area (Å²) >= 11 is 1.29. The van der Waals surface area contributed by atoms with Crippen LogP contribution in [-0.2, 0) is 0 Å². The van der Waals surface area contributed by atoms with Gasteiger partial charge in [-0.15, -0.1) is 20.4 Å². The number of anilines is 1. The highest BCUT2D eigenvalue weighted by Gasteiger charge is 2.11. The lowest BCUT2D eigenvalue weighted by Crippen LogP contribution is -2.14. The van der Waals surface area contributed by atoms with Crippen LogP contribution >= 0.6 is 11.3 Å². The molecule has 7 nitrogen and oxygen atoms in total. The first-order chi connectivity index (χ1) is 8.69. The third-order valence-electron chi connectivity index (χ3n) is 1.91. The van der Waals surface area contributed by atoms with E-state index in [1.807, 2.05) is 13.8 Å². The van der Waals surface area contributed by atoms with E-state index in [4.69, 9.17) is 4.74 Å². The zero-order chi connectivity index (χ0) is 13.0. The van der Waals surface area contributed by atoms with Crippen LogP contribution in [0, 0.1) is 6.92 Å². The number of amides is 1. The molecule has 0 bridgehead atoms. The first kappa shape index (κ1) is 12.4. The Hall–Kier alpha value is -2.09. The molecule has 94 valence electrons. The zero-order valence-electron chi connectivity index (χ0n) is 9.88. The molecular formula is C10H11N5O2S. The van der Waals surface area contributed by atoms with Gasteiger partial charge in [-0.25, -0.2) is 0 Å². The molecule has 0 aliphatic carbocycles. The van der Waals surface area contributed by atoms with Crippen molar-refractivity contribution < 1.29 is 9.53 Å². The van der Waals surface area contributed by atoms with Crippen LogP contribution in [0.25, 0.3) is 0 Å². The molecule has 0 radical (unpaired) electrons. The molecule has 2 heterocycles. The minimum atomic E-state index is -0.373. The van der Waals surface area contributed by atoms with E-state index < -0.39 is 0 Å². The summed E-state index contributed by atoms with van der Waals surface area (Å²) in [4.78, 5) is 11.8. The fourth-order valence-corrected chi connectivity index (χ4v) is 1.76. The molecule has 0 saturated heterocycles. The van der Waals surface area contributed by atoms with Crippen LogP contribution in [0.1, 0.15) is 22.4 Å². The van der Waals surface area contributed by atoms with Crippen LogP contribution in [0.5, 0.6) is 5.88 Å². The van der Waals surface area contributed by atoms with Crippen molar-refractivity contribution in [3.8, 4) is 5.88 Å². The number of hydrogen-bond acceptors (Lipinski definition) is 7. The van der Waals surface area contributed by atoms with Crippen molar-refractivity contribution in [2.24, 2.45) is 0 Å². The predicted octanol–water partition coefficient (Wildman–Crippen LogP) is 1.29. The zero-order valence-corrected chi connectivity index (χ0v) is 10.7. The maximum absolute atomic E-state index is 11.8. The summed E-state index contributed by atoms with van der Waals surface area (Å²) in [5.74, 6) is 0.0162. The molecule has 0 aliphatic rings. The fraction of sp³-hybridized carbons (Fsp3) is 0.300. The Labute approximate surface area is 107 Å². The second-order valence-corrected chi connectivity index (χ2v) is 4.45. The van der Waals surface area contributed by atoms with Gasteiger partial charge in [0.15, 0.2) is 5.69 Å². The Morgan fingerprint density at radius 3 is 2.72 bits per heavy atom. The summed E-state index contributed by atoms with van der Waals surface area (Å²) in [5.41, 5.74) is 0.200. The van der Waals surface area contributed by atoms with E-state index >= 15 is 0 Å². The van der Waals surface area contributed by atoms with Crippen molar-refractivity contribution in [3.05, 3.63) is 22.8 Å². The quantitative estimate of drug-likeness (QED) is 0.895. The van der Waals surface area contributed by atoms with Gasteiger partial charge in [-0.2, -0.15) is 0 Å². The van der Waals surface area contributed by atoms with Gasteiger partial charge in [-0.05, 0) is 19.9 Å². The van der Waals surface area contributed by atoms with E-state index in [-0.39, 0.29) is 11.6 Å². The molecule has 0 spiro atoms. The van der Waals surface area contributed by atoms with Gasteiger partial charge in [-0.3, -0.25) is 10.1 Å². The lowest BCUT2D eigenvalue weighted by molar-refractivity contribution is 0.102. The highest BCUT2D eigenvalue weighted by molar-refractivity contribution is 7.15. The van der Waals surface area contributed by atoms with Crippen LogP contribution in [-0.4, -0.2) is 32.9 Å². The van der Waals surface area contributed by atoms with Gasteiger partial charge < -0.3 is 4.74 Å². The molecule has 0 saturated carbocycles. The van der Waals surface area contributed by atoms with E-state index in [1.165, 1.54) is 11.3 Å². The Morgan fingerprint density at radius 1 is 1.33 bits per heavy atom. The number of nitrogens with zero attached hydrogens (tertiary/aromatic N) is 4. The minimum Gasteiger partial charge on any atom is -0.477 e.